The molecule has 0 aliphatic carbocycles. The fourth-order valence-electron chi connectivity index (χ4n) is 1.53. The first-order valence-corrected chi connectivity index (χ1v) is 5.61. The molecule has 0 bridgehead atoms. The van der Waals surface area contributed by atoms with Gasteiger partial charge in [-0.15, -0.1) is 0 Å². The van der Waals surface area contributed by atoms with Crippen molar-refractivity contribution < 1.29 is 9.66 Å². The summed E-state index contributed by atoms with van der Waals surface area (Å²) in [5.41, 5.74) is 1.62. The lowest BCUT2D eigenvalue weighted by atomic mass is 10.2. The van der Waals surface area contributed by atoms with Crippen LogP contribution in [0.3, 0.4) is 0 Å². The number of nitro groups is 1. The molecule has 0 aromatic heterocycles. The highest BCUT2D eigenvalue weighted by Crippen LogP contribution is 2.18. The third kappa shape index (κ3) is 3.38. The standard InChI is InChI=1S/C14H12N2O3/c1-19-14-4-2-3-11(9-14)10-15-12-5-7-13(8-6-12)16(17)18/h2-10H,1H3. The van der Waals surface area contributed by atoms with Gasteiger partial charge < -0.3 is 4.74 Å². The van der Waals surface area contributed by atoms with Crippen LogP contribution in [0.2, 0.25) is 0 Å². The maximum Gasteiger partial charge on any atom is 0.269 e. The van der Waals surface area contributed by atoms with E-state index in [1.165, 1.54) is 12.1 Å². The Labute approximate surface area is 110 Å². The van der Waals surface area contributed by atoms with Crippen LogP contribution >= 0.6 is 0 Å². The summed E-state index contributed by atoms with van der Waals surface area (Å²) in [6, 6.07) is 13.5. The van der Waals surface area contributed by atoms with Crippen LogP contribution in [0, 0.1) is 10.1 Å². The lowest BCUT2D eigenvalue weighted by Crippen LogP contribution is -1.86. The molecule has 0 aliphatic heterocycles. The van der Waals surface area contributed by atoms with E-state index in [1.807, 2.05) is 24.3 Å². The quantitative estimate of drug-likeness (QED) is 0.478. The minimum Gasteiger partial charge on any atom is -0.497 e. The third-order valence-electron chi connectivity index (χ3n) is 2.52. The van der Waals surface area contributed by atoms with Crippen molar-refractivity contribution in [3.05, 3.63) is 64.2 Å². The van der Waals surface area contributed by atoms with Crippen molar-refractivity contribution in [1.82, 2.24) is 0 Å². The smallest absolute Gasteiger partial charge is 0.269 e. The van der Waals surface area contributed by atoms with Crippen molar-refractivity contribution in [1.29, 1.82) is 0 Å². The number of benzene rings is 2. The molecular formula is C14H12N2O3. The molecule has 0 atom stereocenters. The Morgan fingerprint density at radius 1 is 1.21 bits per heavy atom. The second-order valence-corrected chi connectivity index (χ2v) is 3.81. The fourth-order valence-corrected chi connectivity index (χ4v) is 1.53. The monoisotopic (exact) mass is 256 g/mol. The predicted octanol–water partition coefficient (Wildman–Crippen LogP) is 3.35. The normalized spacial score (nSPS) is 10.6. The van der Waals surface area contributed by atoms with Crippen molar-refractivity contribution in [2.45, 2.75) is 0 Å². The van der Waals surface area contributed by atoms with Crippen molar-refractivity contribution in [2.24, 2.45) is 4.99 Å². The largest absolute Gasteiger partial charge is 0.497 e. The van der Waals surface area contributed by atoms with Gasteiger partial charge in [-0.05, 0) is 29.8 Å². The number of aliphatic imine (C=N–C) groups is 1. The Balaban J connectivity index is 2.15. The second-order valence-electron chi connectivity index (χ2n) is 3.81. The first-order valence-electron chi connectivity index (χ1n) is 5.61. The number of rotatable bonds is 4. The molecule has 2 aromatic carbocycles. The molecule has 2 aromatic rings. The summed E-state index contributed by atoms with van der Waals surface area (Å²) >= 11 is 0. The molecular weight excluding hydrogens is 244 g/mol. The lowest BCUT2D eigenvalue weighted by molar-refractivity contribution is -0.384. The maximum atomic E-state index is 10.5. The van der Waals surface area contributed by atoms with Gasteiger partial charge in [-0.1, -0.05) is 12.1 Å². The Morgan fingerprint density at radius 2 is 1.95 bits per heavy atom. The van der Waals surface area contributed by atoms with Crippen molar-refractivity contribution >= 4 is 17.6 Å². The Morgan fingerprint density at radius 3 is 2.58 bits per heavy atom. The molecule has 0 spiro atoms. The zero-order valence-corrected chi connectivity index (χ0v) is 10.3. The molecule has 0 amide bonds. The van der Waals surface area contributed by atoms with Crippen molar-refractivity contribution in [2.75, 3.05) is 7.11 Å². The molecule has 0 fully saturated rings. The van der Waals surface area contributed by atoms with Gasteiger partial charge in [-0.3, -0.25) is 15.1 Å². The van der Waals surface area contributed by atoms with Gasteiger partial charge in [-0.2, -0.15) is 0 Å². The van der Waals surface area contributed by atoms with Crippen molar-refractivity contribution in [3.8, 4) is 5.75 Å². The van der Waals surface area contributed by atoms with Gasteiger partial charge in [0, 0.05) is 18.3 Å². The average molecular weight is 256 g/mol. The van der Waals surface area contributed by atoms with Crippen LogP contribution in [0.25, 0.3) is 0 Å². The summed E-state index contributed by atoms with van der Waals surface area (Å²) in [6.07, 6.45) is 1.68. The summed E-state index contributed by atoms with van der Waals surface area (Å²) in [6.45, 7) is 0. The third-order valence-corrected chi connectivity index (χ3v) is 2.52. The molecule has 0 heterocycles. The molecule has 0 unspecified atom stereocenters. The summed E-state index contributed by atoms with van der Waals surface area (Å²) in [5, 5.41) is 10.5. The highest BCUT2D eigenvalue weighted by molar-refractivity contribution is 5.82. The molecule has 0 N–H and O–H groups in total. The molecule has 5 heteroatoms. The van der Waals surface area contributed by atoms with E-state index in [2.05, 4.69) is 4.99 Å². The molecule has 96 valence electrons. The summed E-state index contributed by atoms with van der Waals surface area (Å²) in [7, 11) is 1.60. The van der Waals surface area contributed by atoms with Crippen LogP contribution in [-0.4, -0.2) is 18.2 Å². The average Bonchev–Trinajstić information content (AvgIpc) is 2.46. The first kappa shape index (κ1) is 12.8. The SMILES string of the molecule is COc1cccc(C=Nc2ccc([N+](=O)[O-])cc2)c1. The molecule has 19 heavy (non-hydrogen) atoms. The Kier molecular flexibility index (Phi) is 3.87. The lowest BCUT2D eigenvalue weighted by Gasteiger charge is -1.99. The Hall–Kier alpha value is -2.69. The highest BCUT2D eigenvalue weighted by atomic mass is 16.6. The molecule has 5 nitrogen and oxygen atoms in total. The number of methoxy groups -OCH3 is 1. The van der Waals surface area contributed by atoms with Crippen LogP contribution < -0.4 is 4.74 Å². The topological polar surface area (TPSA) is 64.7 Å². The number of hydrogen-bond donors (Lipinski definition) is 0. The first-order chi connectivity index (χ1) is 9.19. The van der Waals surface area contributed by atoms with E-state index in [0.29, 0.717) is 5.69 Å². The minimum atomic E-state index is -0.435. The number of non-ortho nitro benzene ring substituents is 1. The Bertz CT molecular complexity index is 606. The van der Waals surface area contributed by atoms with Crippen LogP contribution in [-0.2, 0) is 0 Å². The predicted molar refractivity (Wildman–Crippen MR) is 73.3 cm³/mol. The van der Waals surface area contributed by atoms with Crippen LogP contribution in [0.15, 0.2) is 53.5 Å². The number of hydrogen-bond acceptors (Lipinski definition) is 4. The van der Waals surface area contributed by atoms with Crippen LogP contribution in [0.5, 0.6) is 5.75 Å². The summed E-state index contributed by atoms with van der Waals surface area (Å²) in [5.74, 6) is 0.757. The number of ether oxygens (including phenoxy) is 1. The van der Waals surface area contributed by atoms with Crippen molar-refractivity contribution in [3.63, 3.8) is 0 Å². The minimum absolute atomic E-state index is 0.0559. The van der Waals surface area contributed by atoms with Gasteiger partial charge in [0.05, 0.1) is 17.7 Å². The summed E-state index contributed by atoms with van der Waals surface area (Å²) < 4.78 is 5.11. The number of nitro benzene ring substituents is 1. The van der Waals surface area contributed by atoms with Crippen LogP contribution in [0.4, 0.5) is 11.4 Å². The van der Waals surface area contributed by atoms with Gasteiger partial charge in [0.1, 0.15) is 5.75 Å². The van der Waals surface area contributed by atoms with Gasteiger partial charge in [0.2, 0.25) is 0 Å². The van der Waals surface area contributed by atoms with Gasteiger partial charge >= 0.3 is 0 Å². The van der Waals surface area contributed by atoms with E-state index in [-0.39, 0.29) is 5.69 Å². The second kappa shape index (κ2) is 5.77. The van der Waals surface area contributed by atoms with E-state index in [0.717, 1.165) is 11.3 Å². The van der Waals surface area contributed by atoms with Gasteiger partial charge in [-0.25, -0.2) is 0 Å². The molecule has 0 saturated heterocycles. The molecule has 0 radical (unpaired) electrons. The number of nitrogens with zero attached hydrogens (tertiary/aromatic N) is 2. The van der Waals surface area contributed by atoms with E-state index < -0.39 is 4.92 Å². The zero-order chi connectivity index (χ0) is 13.7. The van der Waals surface area contributed by atoms with E-state index in [1.54, 1.807) is 25.5 Å². The van der Waals surface area contributed by atoms with E-state index in [4.69, 9.17) is 4.74 Å². The molecule has 2 rings (SSSR count). The molecule has 0 aliphatic rings. The maximum absolute atomic E-state index is 10.5. The van der Waals surface area contributed by atoms with Gasteiger partial charge in [0.25, 0.3) is 5.69 Å². The van der Waals surface area contributed by atoms with E-state index >= 15 is 0 Å². The summed E-state index contributed by atoms with van der Waals surface area (Å²) in [4.78, 5) is 14.3. The van der Waals surface area contributed by atoms with Crippen LogP contribution in [0.1, 0.15) is 5.56 Å². The van der Waals surface area contributed by atoms with Gasteiger partial charge in [0.15, 0.2) is 0 Å². The fraction of sp³-hybridized carbons (Fsp3) is 0.0714. The molecule has 0 saturated carbocycles. The highest BCUT2D eigenvalue weighted by Gasteiger charge is 2.02. The zero-order valence-electron chi connectivity index (χ0n) is 10.3. The van der Waals surface area contributed by atoms with E-state index in [9.17, 15) is 10.1 Å².